The Bertz CT molecular complexity index is 1100. The number of benzene rings is 2. The number of fused-ring (bicyclic) bond motifs is 1. The molecule has 7 nitrogen and oxygen atoms in total. The number of carbonyl (C=O) groups excluding carboxylic acids is 1. The van der Waals surface area contributed by atoms with E-state index in [1.807, 2.05) is 48.5 Å². The number of hydrogen-bond acceptors (Lipinski definition) is 5. The van der Waals surface area contributed by atoms with Crippen molar-refractivity contribution >= 4 is 16.9 Å². The van der Waals surface area contributed by atoms with E-state index in [0.717, 1.165) is 40.8 Å². The second-order valence-electron chi connectivity index (χ2n) is 7.30. The first-order chi connectivity index (χ1) is 14.7. The van der Waals surface area contributed by atoms with E-state index in [9.17, 15) is 4.79 Å². The van der Waals surface area contributed by atoms with Crippen molar-refractivity contribution in [3.63, 3.8) is 0 Å². The zero-order valence-corrected chi connectivity index (χ0v) is 17.0. The minimum absolute atomic E-state index is 0.0122. The van der Waals surface area contributed by atoms with Gasteiger partial charge in [-0.3, -0.25) is 4.79 Å². The molecule has 0 aliphatic rings. The van der Waals surface area contributed by atoms with Crippen molar-refractivity contribution in [3.05, 3.63) is 77.7 Å². The number of amides is 1. The minimum Gasteiger partial charge on any atom is -0.345 e. The Morgan fingerprint density at radius 3 is 2.83 bits per heavy atom. The van der Waals surface area contributed by atoms with Gasteiger partial charge in [-0.2, -0.15) is 4.98 Å². The van der Waals surface area contributed by atoms with Gasteiger partial charge in [0.05, 0.1) is 23.4 Å². The van der Waals surface area contributed by atoms with Crippen LogP contribution in [0.5, 0.6) is 0 Å². The Hall–Kier alpha value is -3.48. The quantitative estimate of drug-likeness (QED) is 0.438. The predicted molar refractivity (Wildman–Crippen MR) is 114 cm³/mol. The highest BCUT2D eigenvalue weighted by Gasteiger charge is 2.18. The van der Waals surface area contributed by atoms with Crippen LogP contribution in [0.3, 0.4) is 0 Å². The van der Waals surface area contributed by atoms with Crippen LogP contribution >= 0.6 is 0 Å². The highest BCUT2D eigenvalue weighted by molar-refractivity contribution is 5.78. The average molecular weight is 403 g/mol. The second-order valence-corrected chi connectivity index (χ2v) is 7.30. The largest absolute Gasteiger partial charge is 0.345 e. The molecule has 1 unspecified atom stereocenters. The van der Waals surface area contributed by atoms with Crippen LogP contribution in [0.1, 0.15) is 55.1 Å². The van der Waals surface area contributed by atoms with E-state index in [4.69, 9.17) is 4.52 Å². The third-order valence-corrected chi connectivity index (χ3v) is 4.99. The van der Waals surface area contributed by atoms with Crippen LogP contribution in [0.2, 0.25) is 0 Å². The lowest BCUT2D eigenvalue weighted by Gasteiger charge is -2.20. The number of aromatic nitrogens is 4. The van der Waals surface area contributed by atoms with Crippen LogP contribution in [0.15, 0.2) is 59.4 Å². The summed E-state index contributed by atoms with van der Waals surface area (Å²) >= 11 is 0. The highest BCUT2D eigenvalue weighted by atomic mass is 16.5. The summed E-state index contributed by atoms with van der Waals surface area (Å²) in [5, 5.41) is 7.14. The van der Waals surface area contributed by atoms with Gasteiger partial charge >= 0.3 is 0 Å². The van der Waals surface area contributed by atoms with Crippen LogP contribution in [-0.4, -0.2) is 26.0 Å². The summed E-state index contributed by atoms with van der Waals surface area (Å²) in [6.07, 6.45) is 5.10. The minimum atomic E-state index is -0.231. The zero-order valence-electron chi connectivity index (χ0n) is 17.0. The van der Waals surface area contributed by atoms with Crippen molar-refractivity contribution in [2.24, 2.45) is 0 Å². The number of aryl methyl sites for hydroxylation is 2. The molecule has 154 valence electrons. The molecule has 0 spiro atoms. The molecule has 0 fully saturated rings. The first-order valence-corrected chi connectivity index (χ1v) is 10.3. The van der Waals surface area contributed by atoms with E-state index in [1.54, 1.807) is 6.33 Å². The second kappa shape index (κ2) is 9.35. The summed E-state index contributed by atoms with van der Waals surface area (Å²) in [5.41, 5.74) is 3.89. The van der Waals surface area contributed by atoms with Gasteiger partial charge in [0.2, 0.25) is 11.8 Å². The summed E-state index contributed by atoms with van der Waals surface area (Å²) in [6, 6.07) is 15.8. The number of H-pyrrole nitrogens is 1. The fraction of sp³-hybridized carbons (Fsp3) is 0.304. The fourth-order valence-corrected chi connectivity index (χ4v) is 3.49. The maximum absolute atomic E-state index is 12.7. The molecule has 1 atom stereocenters. The van der Waals surface area contributed by atoms with Crippen molar-refractivity contribution in [3.8, 4) is 0 Å². The van der Waals surface area contributed by atoms with Gasteiger partial charge in [-0.25, -0.2) is 4.98 Å². The lowest BCUT2D eigenvalue weighted by Crippen LogP contribution is -2.29. The smallest absolute Gasteiger partial charge is 0.226 e. The molecule has 0 aliphatic carbocycles. The Morgan fingerprint density at radius 2 is 2.00 bits per heavy atom. The van der Waals surface area contributed by atoms with Gasteiger partial charge in [-0.15, -0.1) is 0 Å². The fourth-order valence-electron chi connectivity index (χ4n) is 3.49. The lowest BCUT2D eigenvalue weighted by atomic mass is 9.98. The van der Waals surface area contributed by atoms with E-state index >= 15 is 0 Å². The topological polar surface area (TPSA) is 96.7 Å². The number of imidazole rings is 1. The van der Waals surface area contributed by atoms with Gasteiger partial charge in [0.15, 0.2) is 5.82 Å². The van der Waals surface area contributed by atoms with E-state index in [1.165, 1.54) is 0 Å². The van der Waals surface area contributed by atoms with Crippen molar-refractivity contribution in [2.75, 3.05) is 0 Å². The van der Waals surface area contributed by atoms with E-state index in [0.29, 0.717) is 25.2 Å². The highest BCUT2D eigenvalue weighted by Crippen LogP contribution is 2.25. The Labute approximate surface area is 174 Å². The number of nitrogens with one attached hydrogen (secondary N) is 2. The van der Waals surface area contributed by atoms with Gasteiger partial charge < -0.3 is 14.8 Å². The van der Waals surface area contributed by atoms with Crippen LogP contribution in [0, 0.1) is 0 Å². The van der Waals surface area contributed by atoms with Crippen molar-refractivity contribution in [1.82, 2.24) is 25.4 Å². The predicted octanol–water partition coefficient (Wildman–Crippen LogP) is 4.13. The van der Waals surface area contributed by atoms with E-state index in [2.05, 4.69) is 32.3 Å². The number of hydrogen-bond donors (Lipinski definition) is 2. The summed E-state index contributed by atoms with van der Waals surface area (Å²) < 4.78 is 5.25. The average Bonchev–Trinajstić information content (AvgIpc) is 3.42. The SMILES string of the molecule is CCCc1noc(CCCC(=O)NC(c2ccccc2)c2ccc3nc[nH]c3c2)n1. The zero-order chi connectivity index (χ0) is 20.8. The molecule has 7 heteroatoms. The Balaban J connectivity index is 1.42. The molecule has 0 bridgehead atoms. The molecular formula is C23H25N5O2. The van der Waals surface area contributed by atoms with E-state index in [-0.39, 0.29) is 11.9 Å². The van der Waals surface area contributed by atoms with Gasteiger partial charge in [-0.1, -0.05) is 48.5 Å². The van der Waals surface area contributed by atoms with Gasteiger partial charge in [0.25, 0.3) is 0 Å². The van der Waals surface area contributed by atoms with Crippen molar-refractivity contribution < 1.29 is 9.32 Å². The third kappa shape index (κ3) is 4.74. The number of nitrogens with zero attached hydrogens (tertiary/aromatic N) is 3. The first kappa shape index (κ1) is 19.8. The number of carbonyl (C=O) groups is 1. The monoisotopic (exact) mass is 403 g/mol. The van der Waals surface area contributed by atoms with Gasteiger partial charge in [-0.05, 0) is 36.1 Å². The lowest BCUT2D eigenvalue weighted by molar-refractivity contribution is -0.121. The maximum Gasteiger partial charge on any atom is 0.226 e. The molecule has 2 aromatic carbocycles. The molecule has 0 saturated carbocycles. The molecule has 4 aromatic rings. The van der Waals surface area contributed by atoms with Crippen molar-refractivity contribution in [1.29, 1.82) is 0 Å². The molecular weight excluding hydrogens is 378 g/mol. The normalized spacial score (nSPS) is 12.2. The van der Waals surface area contributed by atoms with Crippen LogP contribution in [-0.2, 0) is 17.6 Å². The number of rotatable bonds is 9. The Morgan fingerprint density at radius 1 is 1.13 bits per heavy atom. The molecule has 30 heavy (non-hydrogen) atoms. The van der Waals surface area contributed by atoms with E-state index < -0.39 is 0 Å². The molecule has 0 aliphatic heterocycles. The molecule has 2 aromatic heterocycles. The molecule has 0 radical (unpaired) electrons. The van der Waals surface area contributed by atoms with Gasteiger partial charge in [0, 0.05) is 19.3 Å². The van der Waals surface area contributed by atoms with Gasteiger partial charge in [0.1, 0.15) is 0 Å². The Kier molecular flexibility index (Phi) is 6.17. The third-order valence-electron chi connectivity index (χ3n) is 4.99. The summed E-state index contributed by atoms with van der Waals surface area (Å²) in [7, 11) is 0. The molecule has 0 saturated heterocycles. The standard InChI is InChI=1S/C23H25N5O2/c1-2-7-20-26-22(30-28-20)11-6-10-21(29)27-23(16-8-4-3-5-9-16)17-12-13-18-19(14-17)25-15-24-18/h3-5,8-9,12-15,23H,2,6-7,10-11H2,1H3,(H,24,25)(H,27,29). The number of aromatic amines is 1. The van der Waals surface area contributed by atoms with Crippen LogP contribution in [0.4, 0.5) is 0 Å². The first-order valence-electron chi connectivity index (χ1n) is 10.3. The van der Waals surface area contributed by atoms with Crippen LogP contribution in [0.25, 0.3) is 11.0 Å². The molecule has 2 N–H and O–H groups in total. The molecule has 4 rings (SSSR count). The molecule has 2 heterocycles. The summed E-state index contributed by atoms with van der Waals surface area (Å²) in [4.78, 5) is 24.5. The van der Waals surface area contributed by atoms with Crippen LogP contribution < -0.4 is 5.32 Å². The summed E-state index contributed by atoms with van der Waals surface area (Å²) in [6.45, 7) is 2.08. The molecule has 1 amide bonds. The van der Waals surface area contributed by atoms with Crippen molar-refractivity contribution in [2.45, 2.75) is 45.1 Å². The summed E-state index contributed by atoms with van der Waals surface area (Å²) in [5.74, 6) is 1.31. The maximum atomic E-state index is 12.7.